The third-order valence-corrected chi connectivity index (χ3v) is 3.68. The summed E-state index contributed by atoms with van der Waals surface area (Å²) in [7, 11) is 0. The molecule has 0 aliphatic heterocycles. The van der Waals surface area contributed by atoms with Crippen LogP contribution in [-0.2, 0) is 12.8 Å². The Hall–Kier alpha value is -1.42. The van der Waals surface area contributed by atoms with Gasteiger partial charge >= 0.3 is 0 Å². The maximum absolute atomic E-state index is 5.79. The van der Waals surface area contributed by atoms with Crippen LogP contribution in [0.15, 0.2) is 18.2 Å². The van der Waals surface area contributed by atoms with Crippen LogP contribution in [0.25, 0.3) is 11.3 Å². The Bertz CT molecular complexity index is 519. The van der Waals surface area contributed by atoms with E-state index in [1.165, 1.54) is 48.5 Å². The monoisotopic (exact) mass is 231 g/mol. The highest BCUT2D eigenvalue weighted by Crippen LogP contribution is 2.29. The number of nitrogens with two attached hydrogens (primary N) is 1. The molecule has 1 aliphatic rings. The average molecular weight is 231 g/mol. The topological polar surface area (TPSA) is 51.8 Å². The van der Waals surface area contributed by atoms with E-state index in [9.17, 15) is 0 Å². The van der Waals surface area contributed by atoms with E-state index >= 15 is 0 Å². The van der Waals surface area contributed by atoms with Gasteiger partial charge in [0.05, 0.1) is 11.7 Å². The first kappa shape index (κ1) is 9.78. The predicted octanol–water partition coefficient (Wildman–Crippen LogP) is 2.67. The molecule has 1 heterocycles. The highest BCUT2D eigenvalue weighted by Gasteiger charge is 2.12. The number of nitrogens with zero attached hydrogens (tertiary/aromatic N) is 2. The second kappa shape index (κ2) is 3.87. The third kappa shape index (κ3) is 1.59. The van der Waals surface area contributed by atoms with Crippen molar-refractivity contribution in [2.45, 2.75) is 25.7 Å². The molecule has 82 valence electrons. The van der Waals surface area contributed by atoms with Crippen LogP contribution in [0, 0.1) is 0 Å². The van der Waals surface area contributed by atoms with Crippen molar-refractivity contribution in [3.05, 3.63) is 29.3 Å². The third-order valence-electron chi connectivity index (χ3n) is 3.14. The molecule has 1 aromatic carbocycles. The van der Waals surface area contributed by atoms with Crippen LogP contribution < -0.4 is 5.73 Å². The van der Waals surface area contributed by atoms with E-state index in [-0.39, 0.29) is 0 Å². The number of hydrogen-bond donors (Lipinski definition) is 1. The Morgan fingerprint density at radius 2 is 1.88 bits per heavy atom. The zero-order valence-electron chi connectivity index (χ0n) is 8.94. The summed E-state index contributed by atoms with van der Waals surface area (Å²) < 4.78 is 8.25. The summed E-state index contributed by atoms with van der Waals surface area (Å²) in [5.41, 5.74) is 10.7. The molecule has 0 saturated carbocycles. The van der Waals surface area contributed by atoms with Crippen molar-refractivity contribution >= 4 is 17.5 Å². The molecule has 16 heavy (non-hydrogen) atoms. The lowest BCUT2D eigenvalue weighted by atomic mass is 9.90. The number of fused-ring (bicyclic) bond motifs is 1. The van der Waals surface area contributed by atoms with Crippen molar-refractivity contribution in [3.63, 3.8) is 0 Å². The van der Waals surface area contributed by atoms with Crippen molar-refractivity contribution < 1.29 is 0 Å². The quantitative estimate of drug-likeness (QED) is 0.821. The zero-order valence-corrected chi connectivity index (χ0v) is 9.76. The molecule has 0 saturated heterocycles. The molecule has 3 rings (SSSR count). The largest absolute Gasteiger partial charge is 0.381 e. The first-order chi connectivity index (χ1) is 7.84. The van der Waals surface area contributed by atoms with Gasteiger partial charge in [-0.15, -0.1) is 0 Å². The van der Waals surface area contributed by atoms with Crippen LogP contribution in [-0.4, -0.2) is 8.75 Å². The summed E-state index contributed by atoms with van der Waals surface area (Å²) in [6.07, 6.45) is 5.00. The molecular weight excluding hydrogens is 218 g/mol. The summed E-state index contributed by atoms with van der Waals surface area (Å²) in [4.78, 5) is 0. The molecule has 0 spiro atoms. The smallest absolute Gasteiger partial charge is 0.165 e. The van der Waals surface area contributed by atoms with Gasteiger partial charge in [-0.05, 0) is 42.9 Å². The van der Waals surface area contributed by atoms with Gasteiger partial charge in [-0.25, -0.2) is 0 Å². The lowest BCUT2D eigenvalue weighted by Crippen LogP contribution is -2.02. The Morgan fingerprint density at radius 3 is 2.62 bits per heavy atom. The Balaban J connectivity index is 2.06. The summed E-state index contributed by atoms with van der Waals surface area (Å²) in [5.74, 6) is 0.542. The first-order valence-electron chi connectivity index (χ1n) is 5.55. The van der Waals surface area contributed by atoms with Crippen LogP contribution in [0.1, 0.15) is 24.0 Å². The van der Waals surface area contributed by atoms with Crippen LogP contribution in [0.5, 0.6) is 0 Å². The molecule has 4 heteroatoms. The molecule has 2 N–H and O–H groups in total. The minimum absolute atomic E-state index is 0.542. The van der Waals surface area contributed by atoms with E-state index in [2.05, 4.69) is 26.9 Å². The molecule has 0 unspecified atom stereocenters. The lowest BCUT2D eigenvalue weighted by molar-refractivity contribution is 0.686. The molecule has 1 aliphatic carbocycles. The molecule has 3 nitrogen and oxygen atoms in total. The van der Waals surface area contributed by atoms with Gasteiger partial charge in [-0.2, -0.15) is 8.75 Å². The van der Waals surface area contributed by atoms with E-state index in [1.54, 1.807) is 0 Å². The Morgan fingerprint density at radius 1 is 1.06 bits per heavy atom. The Labute approximate surface area is 98.6 Å². The van der Waals surface area contributed by atoms with Crippen molar-refractivity contribution in [2.24, 2.45) is 0 Å². The first-order valence-corrected chi connectivity index (χ1v) is 6.28. The molecule has 0 atom stereocenters. The van der Waals surface area contributed by atoms with E-state index in [0.29, 0.717) is 5.82 Å². The van der Waals surface area contributed by atoms with Crippen LogP contribution in [0.4, 0.5) is 5.82 Å². The second-order valence-electron chi connectivity index (χ2n) is 4.19. The van der Waals surface area contributed by atoms with Crippen LogP contribution in [0.2, 0.25) is 0 Å². The molecular formula is C12H13N3S. The number of anilines is 1. The molecule has 0 fully saturated rings. The zero-order chi connectivity index (χ0) is 11.0. The van der Waals surface area contributed by atoms with Crippen LogP contribution in [0.3, 0.4) is 0 Å². The fraction of sp³-hybridized carbons (Fsp3) is 0.333. The minimum atomic E-state index is 0.542. The van der Waals surface area contributed by atoms with E-state index in [1.807, 2.05) is 0 Å². The normalized spacial score (nSPS) is 14.8. The van der Waals surface area contributed by atoms with Gasteiger partial charge in [0.25, 0.3) is 0 Å². The van der Waals surface area contributed by atoms with Gasteiger partial charge in [-0.1, -0.05) is 12.1 Å². The SMILES string of the molecule is Nc1nsnc1-c1ccc2c(c1)CCCC2. The number of aromatic nitrogens is 2. The second-order valence-corrected chi connectivity index (χ2v) is 4.72. The summed E-state index contributed by atoms with van der Waals surface area (Å²) >= 11 is 1.17. The molecule has 2 aromatic rings. The number of nitrogen functional groups attached to an aromatic ring is 1. The van der Waals surface area contributed by atoms with Gasteiger partial charge < -0.3 is 5.73 Å². The summed E-state index contributed by atoms with van der Waals surface area (Å²) in [6.45, 7) is 0. The minimum Gasteiger partial charge on any atom is -0.381 e. The summed E-state index contributed by atoms with van der Waals surface area (Å²) in [6, 6.07) is 6.54. The Kier molecular flexibility index (Phi) is 2.36. The fourth-order valence-electron chi connectivity index (χ4n) is 2.28. The van der Waals surface area contributed by atoms with Gasteiger partial charge in [0.15, 0.2) is 5.82 Å². The van der Waals surface area contributed by atoms with Crippen molar-refractivity contribution in [1.82, 2.24) is 8.75 Å². The number of aryl methyl sites for hydroxylation is 2. The molecule has 0 radical (unpaired) electrons. The molecule has 0 bridgehead atoms. The van der Waals surface area contributed by atoms with Crippen molar-refractivity contribution in [3.8, 4) is 11.3 Å². The van der Waals surface area contributed by atoms with Crippen molar-refractivity contribution in [1.29, 1.82) is 0 Å². The highest BCUT2D eigenvalue weighted by molar-refractivity contribution is 6.99. The van der Waals surface area contributed by atoms with Gasteiger partial charge in [0.1, 0.15) is 5.69 Å². The standard InChI is InChI=1S/C12H13N3S/c13-12-11(14-16-15-12)10-6-5-8-3-1-2-4-9(8)7-10/h5-7H,1-4H2,(H2,13,15). The maximum Gasteiger partial charge on any atom is 0.165 e. The molecule has 1 aromatic heterocycles. The van der Waals surface area contributed by atoms with Crippen molar-refractivity contribution in [2.75, 3.05) is 5.73 Å². The van der Waals surface area contributed by atoms with Gasteiger partial charge in [-0.3, -0.25) is 0 Å². The van der Waals surface area contributed by atoms with E-state index in [0.717, 1.165) is 11.3 Å². The van der Waals surface area contributed by atoms with Crippen LogP contribution >= 0.6 is 11.7 Å². The van der Waals surface area contributed by atoms with Gasteiger partial charge in [0, 0.05) is 5.56 Å². The lowest BCUT2D eigenvalue weighted by Gasteiger charge is -2.16. The van der Waals surface area contributed by atoms with E-state index in [4.69, 9.17) is 5.73 Å². The van der Waals surface area contributed by atoms with Gasteiger partial charge in [0.2, 0.25) is 0 Å². The number of hydrogen-bond acceptors (Lipinski definition) is 4. The predicted molar refractivity (Wildman–Crippen MR) is 66.4 cm³/mol. The highest BCUT2D eigenvalue weighted by atomic mass is 32.1. The number of benzene rings is 1. The summed E-state index contributed by atoms with van der Waals surface area (Å²) in [5, 5.41) is 0. The fourth-order valence-corrected chi connectivity index (χ4v) is 2.77. The number of rotatable bonds is 1. The van der Waals surface area contributed by atoms with E-state index < -0.39 is 0 Å². The molecule has 0 amide bonds. The maximum atomic E-state index is 5.79. The average Bonchev–Trinajstić information content (AvgIpc) is 2.75.